The number of fused-ring (bicyclic) bond motifs is 2. The first-order valence-electron chi connectivity index (χ1n) is 16.5. The van der Waals surface area contributed by atoms with Gasteiger partial charge in [-0.15, -0.1) is 0 Å². The fraction of sp³-hybridized carbons (Fsp3) is 0.583. The largest absolute Gasteiger partial charge is 0.497 e. The normalized spacial score (nSPS) is 32.1. The quantitative estimate of drug-likeness (QED) is 0.351. The van der Waals surface area contributed by atoms with Gasteiger partial charge in [0.15, 0.2) is 0 Å². The van der Waals surface area contributed by atoms with Crippen LogP contribution in [0.3, 0.4) is 0 Å². The highest BCUT2D eigenvalue weighted by molar-refractivity contribution is 5.84. The second kappa shape index (κ2) is 11.6. The van der Waals surface area contributed by atoms with Gasteiger partial charge in [-0.05, 0) is 105 Å². The second-order valence-electron chi connectivity index (χ2n) is 14.2. The number of carbonyl (C=O) groups excluding carboxylic acids is 2. The van der Waals surface area contributed by atoms with E-state index in [2.05, 4.69) is 16.7 Å². The standard InChI is InChI=1S/C36H44N2O7/c1-43-25-13-22(14-26(15-25)44-2)20-38-34(42)35-17-21-11-23(18-35)32(24(12-21)19-35)45-33(41)31-28(16-30(39)40)27-5-3-4-6-29(27)36(31)7-9-37-10-8-36/h3-6,13-15,21,23-24,28,31-32,37H,7-12,16-20H2,1-2H3,(H,38,42)(H,39,40). The summed E-state index contributed by atoms with van der Waals surface area (Å²) in [6, 6.07) is 13.7. The lowest BCUT2D eigenvalue weighted by Crippen LogP contribution is -2.59. The highest BCUT2D eigenvalue weighted by atomic mass is 16.5. The number of amides is 1. The van der Waals surface area contributed by atoms with Crippen molar-refractivity contribution in [2.24, 2.45) is 29.1 Å². The molecule has 1 spiro atoms. The van der Waals surface area contributed by atoms with E-state index >= 15 is 0 Å². The van der Waals surface area contributed by atoms with E-state index in [9.17, 15) is 19.5 Å². The van der Waals surface area contributed by atoms with Gasteiger partial charge in [-0.2, -0.15) is 0 Å². The Labute approximate surface area is 264 Å². The Bertz CT molecular complexity index is 1450. The number of benzene rings is 2. The molecule has 4 atom stereocenters. The number of carbonyl (C=O) groups is 3. The summed E-state index contributed by atoms with van der Waals surface area (Å²) in [5.74, 6) is 0.0793. The third-order valence-corrected chi connectivity index (χ3v) is 11.8. The Hall–Kier alpha value is -3.59. The van der Waals surface area contributed by atoms with Crippen molar-refractivity contribution in [3.63, 3.8) is 0 Å². The molecule has 5 aliphatic carbocycles. The van der Waals surface area contributed by atoms with Crippen molar-refractivity contribution in [1.82, 2.24) is 10.6 Å². The molecule has 4 bridgehead atoms. The minimum atomic E-state index is -0.895. The first kappa shape index (κ1) is 30.1. The molecule has 0 aromatic heterocycles. The number of hydrogen-bond acceptors (Lipinski definition) is 7. The van der Waals surface area contributed by atoms with Crippen LogP contribution in [0, 0.1) is 29.1 Å². The van der Waals surface area contributed by atoms with Gasteiger partial charge in [0.05, 0.1) is 32.0 Å². The average molecular weight is 617 g/mol. The molecule has 3 N–H and O–H groups in total. The molecule has 45 heavy (non-hydrogen) atoms. The van der Waals surface area contributed by atoms with Crippen molar-refractivity contribution in [2.75, 3.05) is 27.3 Å². The Kier molecular flexibility index (Phi) is 7.79. The van der Waals surface area contributed by atoms with E-state index in [1.54, 1.807) is 14.2 Å². The molecule has 9 heteroatoms. The number of esters is 1. The number of ether oxygens (including phenoxy) is 3. The summed E-state index contributed by atoms with van der Waals surface area (Å²) < 4.78 is 17.4. The van der Waals surface area contributed by atoms with Crippen LogP contribution in [0.4, 0.5) is 0 Å². The van der Waals surface area contributed by atoms with Gasteiger partial charge in [-0.1, -0.05) is 24.3 Å². The molecule has 1 heterocycles. The summed E-state index contributed by atoms with van der Waals surface area (Å²) in [5, 5.41) is 16.6. The Morgan fingerprint density at radius 3 is 2.27 bits per heavy atom. The number of rotatable bonds is 9. The summed E-state index contributed by atoms with van der Waals surface area (Å²) in [4.78, 5) is 40.3. The number of carboxylic acid groups (broad SMARTS) is 1. The summed E-state index contributed by atoms with van der Waals surface area (Å²) in [5.41, 5.74) is 2.15. The number of carboxylic acids is 1. The van der Waals surface area contributed by atoms with Gasteiger partial charge in [0, 0.05) is 23.9 Å². The van der Waals surface area contributed by atoms with Crippen molar-refractivity contribution in [3.8, 4) is 11.5 Å². The molecule has 1 saturated heterocycles. The van der Waals surface area contributed by atoms with Gasteiger partial charge in [0.2, 0.25) is 5.91 Å². The molecule has 2 aromatic carbocycles. The van der Waals surface area contributed by atoms with Crippen LogP contribution in [-0.4, -0.2) is 56.4 Å². The summed E-state index contributed by atoms with van der Waals surface area (Å²) in [6.07, 6.45) is 5.48. The highest BCUT2D eigenvalue weighted by Crippen LogP contribution is 2.62. The molecule has 1 amide bonds. The van der Waals surface area contributed by atoms with Crippen molar-refractivity contribution in [2.45, 2.75) is 75.3 Å². The van der Waals surface area contributed by atoms with E-state index in [0.717, 1.165) is 61.9 Å². The molecule has 0 radical (unpaired) electrons. The molecule has 1 aliphatic heterocycles. The van der Waals surface area contributed by atoms with Crippen LogP contribution < -0.4 is 20.1 Å². The van der Waals surface area contributed by atoms with Gasteiger partial charge >= 0.3 is 11.9 Å². The second-order valence-corrected chi connectivity index (χ2v) is 14.2. The van der Waals surface area contributed by atoms with Crippen molar-refractivity contribution in [3.05, 3.63) is 59.2 Å². The van der Waals surface area contributed by atoms with E-state index in [-0.39, 0.29) is 36.2 Å². The van der Waals surface area contributed by atoms with Crippen LogP contribution in [0.25, 0.3) is 0 Å². The number of methoxy groups -OCH3 is 2. The number of hydrogen-bond donors (Lipinski definition) is 3. The number of aliphatic carboxylic acids is 1. The molecule has 4 unspecified atom stereocenters. The SMILES string of the molecule is COc1cc(CNC(=O)C23CC4CC(C2)C(OC(=O)C2C(CC(=O)O)c5ccccc5C25CCNCC5)C(C4)C3)cc(OC)c1. The maximum Gasteiger partial charge on any atom is 0.310 e. The van der Waals surface area contributed by atoms with Crippen molar-refractivity contribution < 1.29 is 33.7 Å². The highest BCUT2D eigenvalue weighted by Gasteiger charge is 2.61. The lowest BCUT2D eigenvalue weighted by molar-refractivity contribution is -0.190. The summed E-state index contributed by atoms with van der Waals surface area (Å²) in [7, 11) is 3.22. The van der Waals surface area contributed by atoms with Gasteiger partial charge in [-0.25, -0.2) is 0 Å². The number of piperidine rings is 1. The molecule has 9 nitrogen and oxygen atoms in total. The summed E-state index contributed by atoms with van der Waals surface area (Å²) in [6.45, 7) is 1.96. The zero-order valence-electron chi connectivity index (χ0n) is 26.2. The topological polar surface area (TPSA) is 123 Å². The van der Waals surface area contributed by atoms with E-state index in [1.165, 1.54) is 0 Å². The van der Waals surface area contributed by atoms with Gasteiger partial charge in [0.1, 0.15) is 17.6 Å². The summed E-state index contributed by atoms with van der Waals surface area (Å²) >= 11 is 0. The minimum Gasteiger partial charge on any atom is -0.497 e. The lowest BCUT2D eigenvalue weighted by atomic mass is 9.48. The third kappa shape index (κ3) is 5.17. The van der Waals surface area contributed by atoms with E-state index in [4.69, 9.17) is 14.2 Å². The molecule has 240 valence electrons. The van der Waals surface area contributed by atoms with E-state index < -0.39 is 28.6 Å². The van der Waals surface area contributed by atoms with Crippen LogP contribution in [0.5, 0.6) is 11.5 Å². The zero-order valence-corrected chi connectivity index (χ0v) is 26.2. The smallest absolute Gasteiger partial charge is 0.310 e. The van der Waals surface area contributed by atoms with Crippen LogP contribution >= 0.6 is 0 Å². The first-order valence-corrected chi connectivity index (χ1v) is 16.5. The molecule has 5 fully saturated rings. The minimum absolute atomic E-state index is 0.0786. The van der Waals surface area contributed by atoms with E-state index in [0.29, 0.717) is 36.8 Å². The molecule has 6 aliphatic rings. The molecule has 4 saturated carbocycles. The fourth-order valence-corrected chi connectivity index (χ4v) is 10.3. The predicted molar refractivity (Wildman–Crippen MR) is 166 cm³/mol. The van der Waals surface area contributed by atoms with Crippen molar-refractivity contribution >= 4 is 17.8 Å². The monoisotopic (exact) mass is 616 g/mol. The number of nitrogens with one attached hydrogen (secondary N) is 2. The molecule has 8 rings (SSSR count). The van der Waals surface area contributed by atoms with Gasteiger partial charge in [-0.3, -0.25) is 14.4 Å². The van der Waals surface area contributed by atoms with Crippen LogP contribution in [-0.2, 0) is 31.1 Å². The van der Waals surface area contributed by atoms with Crippen LogP contribution in [0.15, 0.2) is 42.5 Å². The Morgan fingerprint density at radius 2 is 1.62 bits per heavy atom. The molecular formula is C36H44N2O7. The van der Waals surface area contributed by atoms with Crippen molar-refractivity contribution in [1.29, 1.82) is 0 Å². The zero-order chi connectivity index (χ0) is 31.3. The first-order chi connectivity index (χ1) is 21.7. The maximum atomic E-state index is 14.4. The van der Waals surface area contributed by atoms with Gasteiger partial charge < -0.3 is 30.0 Å². The average Bonchev–Trinajstić information content (AvgIpc) is 3.29. The van der Waals surface area contributed by atoms with Gasteiger partial charge in [0.25, 0.3) is 0 Å². The van der Waals surface area contributed by atoms with Crippen LogP contribution in [0.2, 0.25) is 0 Å². The predicted octanol–water partition coefficient (Wildman–Crippen LogP) is 4.57. The Morgan fingerprint density at radius 1 is 0.956 bits per heavy atom. The third-order valence-electron chi connectivity index (χ3n) is 11.8. The van der Waals surface area contributed by atoms with Crippen LogP contribution in [0.1, 0.15) is 74.0 Å². The fourth-order valence-electron chi connectivity index (χ4n) is 10.3. The molecular weight excluding hydrogens is 572 g/mol. The molecule has 2 aromatic rings. The van der Waals surface area contributed by atoms with E-state index in [1.807, 2.05) is 36.4 Å². The maximum absolute atomic E-state index is 14.4. The Balaban J connectivity index is 1.09. The lowest BCUT2D eigenvalue weighted by Gasteiger charge is -2.58.